The smallest absolute Gasteiger partial charge is 0.178 e. The average Bonchev–Trinajstić information content (AvgIpc) is 2.31. The van der Waals surface area contributed by atoms with E-state index in [9.17, 15) is 8.42 Å². The molecule has 0 amide bonds. The highest BCUT2D eigenvalue weighted by Gasteiger charge is 2.13. The van der Waals surface area contributed by atoms with E-state index in [0.29, 0.717) is 0 Å². The highest BCUT2D eigenvalue weighted by atomic mass is 35.5. The zero-order valence-electron chi connectivity index (χ0n) is 8.85. The van der Waals surface area contributed by atoms with Crippen LogP contribution < -0.4 is 0 Å². The van der Waals surface area contributed by atoms with Gasteiger partial charge in [-0.1, -0.05) is 19.1 Å². The largest absolute Gasteiger partial charge is 0.224 e. The van der Waals surface area contributed by atoms with Gasteiger partial charge >= 0.3 is 0 Å². The van der Waals surface area contributed by atoms with Gasteiger partial charge in [-0.25, -0.2) is 8.42 Å². The van der Waals surface area contributed by atoms with Crippen molar-refractivity contribution in [3.05, 3.63) is 29.8 Å². The van der Waals surface area contributed by atoms with E-state index < -0.39 is 9.84 Å². The molecule has 1 aromatic carbocycles. The Kier molecular flexibility index (Phi) is 4.34. The molecule has 0 fully saturated rings. The SMILES string of the molecule is CCS(=O)(=O)c1ccc(C(C#N)CCl)cc1. The van der Waals surface area contributed by atoms with E-state index in [0.717, 1.165) is 5.56 Å². The maximum Gasteiger partial charge on any atom is 0.178 e. The fourth-order valence-corrected chi connectivity index (χ4v) is 2.40. The molecule has 0 N–H and O–H groups in total. The first kappa shape index (κ1) is 13.0. The quantitative estimate of drug-likeness (QED) is 0.778. The number of alkyl halides is 1. The lowest BCUT2D eigenvalue weighted by Gasteiger charge is -2.06. The zero-order valence-corrected chi connectivity index (χ0v) is 10.4. The number of benzene rings is 1. The lowest BCUT2D eigenvalue weighted by Crippen LogP contribution is -2.04. The molecule has 1 atom stereocenters. The fourth-order valence-electron chi connectivity index (χ4n) is 1.27. The maximum absolute atomic E-state index is 11.5. The van der Waals surface area contributed by atoms with E-state index in [1.54, 1.807) is 19.1 Å². The van der Waals surface area contributed by atoms with Crippen molar-refractivity contribution in [3.63, 3.8) is 0 Å². The van der Waals surface area contributed by atoms with Crippen LogP contribution >= 0.6 is 11.6 Å². The van der Waals surface area contributed by atoms with Gasteiger partial charge in [0.15, 0.2) is 9.84 Å². The van der Waals surface area contributed by atoms with E-state index in [1.807, 2.05) is 0 Å². The van der Waals surface area contributed by atoms with Gasteiger partial charge in [-0.15, -0.1) is 11.6 Å². The molecule has 0 heterocycles. The highest BCUT2D eigenvalue weighted by Crippen LogP contribution is 2.19. The Balaban J connectivity index is 3.06. The Bertz CT molecular complexity index is 488. The van der Waals surface area contributed by atoms with Crippen molar-refractivity contribution in [2.75, 3.05) is 11.6 Å². The van der Waals surface area contributed by atoms with Crippen molar-refractivity contribution in [2.45, 2.75) is 17.7 Å². The molecule has 0 aromatic heterocycles. The lowest BCUT2D eigenvalue weighted by atomic mass is 10.0. The van der Waals surface area contributed by atoms with Gasteiger partial charge in [0.05, 0.1) is 22.6 Å². The molecular formula is C11H12ClNO2S. The second-order valence-corrected chi connectivity index (χ2v) is 5.90. The number of nitrogens with zero attached hydrogens (tertiary/aromatic N) is 1. The van der Waals surface area contributed by atoms with Gasteiger partial charge < -0.3 is 0 Å². The monoisotopic (exact) mass is 257 g/mol. The van der Waals surface area contributed by atoms with Crippen molar-refractivity contribution in [2.24, 2.45) is 0 Å². The van der Waals surface area contributed by atoms with E-state index >= 15 is 0 Å². The lowest BCUT2D eigenvalue weighted by molar-refractivity contribution is 0.597. The molecular weight excluding hydrogens is 246 g/mol. The molecule has 16 heavy (non-hydrogen) atoms. The Morgan fingerprint density at radius 1 is 1.38 bits per heavy atom. The van der Waals surface area contributed by atoms with Gasteiger partial charge in [0.1, 0.15) is 0 Å². The van der Waals surface area contributed by atoms with E-state index in [4.69, 9.17) is 16.9 Å². The van der Waals surface area contributed by atoms with Crippen LogP contribution in [0.2, 0.25) is 0 Å². The molecule has 1 unspecified atom stereocenters. The molecule has 1 rings (SSSR count). The summed E-state index contributed by atoms with van der Waals surface area (Å²) in [5, 5.41) is 8.80. The molecule has 0 bridgehead atoms. The summed E-state index contributed by atoms with van der Waals surface area (Å²) >= 11 is 5.62. The zero-order chi connectivity index (χ0) is 12.2. The molecule has 0 aliphatic heterocycles. The maximum atomic E-state index is 11.5. The van der Waals surface area contributed by atoms with Crippen molar-refractivity contribution in [1.82, 2.24) is 0 Å². The molecule has 3 nitrogen and oxygen atoms in total. The fraction of sp³-hybridized carbons (Fsp3) is 0.364. The Hall–Kier alpha value is -1.05. The molecule has 0 aliphatic carbocycles. The number of rotatable bonds is 4. The van der Waals surface area contributed by atoms with E-state index in [1.165, 1.54) is 12.1 Å². The van der Waals surface area contributed by atoms with Gasteiger partial charge in [-0.2, -0.15) is 5.26 Å². The molecule has 0 radical (unpaired) electrons. The minimum Gasteiger partial charge on any atom is -0.224 e. The van der Waals surface area contributed by atoms with Crippen molar-refractivity contribution in [1.29, 1.82) is 5.26 Å². The third-order valence-corrected chi connectivity index (χ3v) is 4.39. The molecule has 0 saturated heterocycles. The summed E-state index contributed by atoms with van der Waals surface area (Å²) in [4.78, 5) is 0.282. The summed E-state index contributed by atoms with van der Waals surface area (Å²) in [6, 6.07) is 8.37. The summed E-state index contributed by atoms with van der Waals surface area (Å²) in [6.45, 7) is 1.60. The predicted molar refractivity (Wildman–Crippen MR) is 63.2 cm³/mol. The second-order valence-electron chi connectivity index (χ2n) is 3.31. The summed E-state index contributed by atoms with van der Waals surface area (Å²) in [5.41, 5.74) is 0.743. The summed E-state index contributed by atoms with van der Waals surface area (Å²) in [6.07, 6.45) is 0. The van der Waals surface area contributed by atoms with Gasteiger partial charge in [0, 0.05) is 5.88 Å². The predicted octanol–water partition coefficient (Wildman–Crippen LogP) is 2.33. The van der Waals surface area contributed by atoms with Crippen molar-refractivity contribution in [3.8, 4) is 6.07 Å². The molecule has 5 heteroatoms. The van der Waals surface area contributed by atoms with Crippen LogP contribution in [-0.2, 0) is 9.84 Å². The molecule has 0 saturated carbocycles. The van der Waals surface area contributed by atoms with E-state index in [-0.39, 0.29) is 22.4 Å². The molecule has 86 valence electrons. The third kappa shape index (κ3) is 2.75. The Labute approximate surface area is 101 Å². The Morgan fingerprint density at radius 3 is 2.31 bits per heavy atom. The van der Waals surface area contributed by atoms with Crippen LogP contribution in [0.4, 0.5) is 0 Å². The third-order valence-electron chi connectivity index (χ3n) is 2.33. The van der Waals surface area contributed by atoms with Crippen LogP contribution in [0.1, 0.15) is 18.4 Å². The van der Waals surface area contributed by atoms with Crippen LogP contribution in [0.5, 0.6) is 0 Å². The van der Waals surface area contributed by atoms with Gasteiger partial charge in [-0.3, -0.25) is 0 Å². The number of hydrogen-bond acceptors (Lipinski definition) is 3. The summed E-state index contributed by atoms with van der Waals surface area (Å²) in [7, 11) is -3.17. The van der Waals surface area contributed by atoms with Gasteiger partial charge in [0.2, 0.25) is 0 Å². The summed E-state index contributed by atoms with van der Waals surface area (Å²) in [5.74, 6) is -0.111. The average molecular weight is 258 g/mol. The Morgan fingerprint density at radius 2 is 1.94 bits per heavy atom. The molecule has 0 spiro atoms. The topological polar surface area (TPSA) is 57.9 Å². The number of halogens is 1. The first-order valence-electron chi connectivity index (χ1n) is 4.83. The van der Waals surface area contributed by atoms with Crippen LogP contribution in [0.25, 0.3) is 0 Å². The second kappa shape index (κ2) is 5.33. The minimum absolute atomic E-state index is 0.0729. The first-order valence-corrected chi connectivity index (χ1v) is 7.02. The standard InChI is InChI=1S/C11H12ClNO2S/c1-2-16(14,15)11-5-3-9(4-6-11)10(7-12)8-13/h3-6,10H,2,7H2,1H3. The summed E-state index contributed by atoms with van der Waals surface area (Å²) < 4.78 is 23.1. The van der Waals surface area contributed by atoms with Crippen LogP contribution in [-0.4, -0.2) is 20.1 Å². The molecule has 1 aromatic rings. The van der Waals surface area contributed by atoms with E-state index in [2.05, 4.69) is 6.07 Å². The normalized spacial score (nSPS) is 13.1. The van der Waals surface area contributed by atoms with Gasteiger partial charge in [0.25, 0.3) is 0 Å². The number of hydrogen-bond donors (Lipinski definition) is 0. The van der Waals surface area contributed by atoms with Crippen LogP contribution in [0.15, 0.2) is 29.2 Å². The number of nitriles is 1. The van der Waals surface area contributed by atoms with Gasteiger partial charge in [-0.05, 0) is 17.7 Å². The first-order chi connectivity index (χ1) is 7.55. The van der Waals surface area contributed by atoms with Crippen LogP contribution in [0, 0.1) is 11.3 Å². The molecule has 0 aliphatic rings. The van der Waals surface area contributed by atoms with Crippen LogP contribution in [0.3, 0.4) is 0 Å². The van der Waals surface area contributed by atoms with Crippen molar-refractivity contribution < 1.29 is 8.42 Å². The number of sulfone groups is 1. The minimum atomic E-state index is -3.17. The highest BCUT2D eigenvalue weighted by molar-refractivity contribution is 7.91. The van der Waals surface area contributed by atoms with Crippen molar-refractivity contribution >= 4 is 21.4 Å².